The molecule has 0 saturated carbocycles. The van der Waals surface area contributed by atoms with E-state index < -0.39 is 5.54 Å². The van der Waals surface area contributed by atoms with Crippen molar-refractivity contribution in [1.29, 1.82) is 0 Å². The molecule has 6 heteroatoms. The van der Waals surface area contributed by atoms with Crippen molar-refractivity contribution >= 4 is 23.3 Å². The molecule has 114 valence electrons. The summed E-state index contributed by atoms with van der Waals surface area (Å²) in [6, 6.07) is 1.94. The van der Waals surface area contributed by atoms with Gasteiger partial charge in [0.05, 0.1) is 0 Å². The quantitative estimate of drug-likeness (QED) is 0.864. The van der Waals surface area contributed by atoms with Gasteiger partial charge in [-0.1, -0.05) is 0 Å². The Bertz CT molecular complexity index is 567. The second kappa shape index (κ2) is 5.42. The van der Waals surface area contributed by atoms with E-state index >= 15 is 0 Å². The highest BCUT2D eigenvalue weighted by molar-refractivity contribution is 7.10. The molecule has 2 aliphatic rings. The lowest BCUT2D eigenvalue weighted by atomic mass is 10.1. The van der Waals surface area contributed by atoms with E-state index in [2.05, 4.69) is 21.7 Å². The lowest BCUT2D eigenvalue weighted by molar-refractivity contribution is -0.130. The molecule has 1 saturated heterocycles. The number of nitrogens with one attached hydrogen (secondary N) is 1. The van der Waals surface area contributed by atoms with Gasteiger partial charge in [-0.3, -0.25) is 14.6 Å². The maximum Gasteiger partial charge on any atom is 0.325 e. The van der Waals surface area contributed by atoms with Crippen molar-refractivity contribution < 1.29 is 9.59 Å². The van der Waals surface area contributed by atoms with Gasteiger partial charge >= 0.3 is 6.03 Å². The number of hydrogen-bond donors (Lipinski definition) is 1. The lowest BCUT2D eigenvalue weighted by Gasteiger charge is -2.27. The highest BCUT2D eigenvalue weighted by atomic mass is 32.1. The Morgan fingerprint density at radius 3 is 2.86 bits per heavy atom. The highest BCUT2D eigenvalue weighted by Crippen LogP contribution is 2.24. The van der Waals surface area contributed by atoms with Crippen molar-refractivity contribution in [2.45, 2.75) is 38.8 Å². The van der Waals surface area contributed by atoms with Gasteiger partial charge in [0, 0.05) is 31.1 Å². The molecular weight excluding hydrogens is 286 g/mol. The highest BCUT2D eigenvalue weighted by Gasteiger charge is 2.43. The standard InChI is InChI=1S/C15H21N3O2S/c1-15(2)13(19)18(14(20)16-15)7-3-6-17-8-4-12-11(10-17)5-9-21-12/h5,9H,3-4,6-8,10H2,1-2H3,(H,16,20). The Hall–Kier alpha value is -1.40. The Kier molecular flexibility index (Phi) is 3.75. The summed E-state index contributed by atoms with van der Waals surface area (Å²) >= 11 is 1.84. The minimum Gasteiger partial charge on any atom is -0.324 e. The Morgan fingerprint density at radius 2 is 2.14 bits per heavy atom. The fourth-order valence-electron chi connectivity index (χ4n) is 2.97. The third-order valence-corrected chi connectivity index (χ3v) is 5.21. The van der Waals surface area contributed by atoms with Gasteiger partial charge in [0.2, 0.25) is 0 Å². The minimum absolute atomic E-state index is 0.119. The monoisotopic (exact) mass is 307 g/mol. The van der Waals surface area contributed by atoms with Crippen LogP contribution in [0, 0.1) is 0 Å². The number of thiophene rings is 1. The topological polar surface area (TPSA) is 52.7 Å². The average Bonchev–Trinajstić information content (AvgIpc) is 2.96. The number of fused-ring (bicyclic) bond motifs is 1. The molecule has 0 atom stereocenters. The molecule has 3 rings (SSSR count). The number of carbonyl (C=O) groups is 2. The molecule has 21 heavy (non-hydrogen) atoms. The fourth-order valence-corrected chi connectivity index (χ4v) is 3.86. The Labute approximate surface area is 128 Å². The second-order valence-corrected chi connectivity index (χ2v) is 7.26. The van der Waals surface area contributed by atoms with Crippen molar-refractivity contribution in [3.8, 4) is 0 Å². The number of rotatable bonds is 4. The first-order valence-electron chi connectivity index (χ1n) is 7.39. The van der Waals surface area contributed by atoms with Gasteiger partial charge in [-0.2, -0.15) is 0 Å². The summed E-state index contributed by atoms with van der Waals surface area (Å²) in [4.78, 5) is 29.1. The normalized spacial score (nSPS) is 21.5. The van der Waals surface area contributed by atoms with Crippen LogP contribution >= 0.6 is 11.3 Å². The first-order valence-corrected chi connectivity index (χ1v) is 8.27. The summed E-state index contributed by atoms with van der Waals surface area (Å²) < 4.78 is 0. The first-order chi connectivity index (χ1) is 9.97. The van der Waals surface area contributed by atoms with Crippen molar-refractivity contribution in [3.63, 3.8) is 0 Å². The van der Waals surface area contributed by atoms with Crippen molar-refractivity contribution in [3.05, 3.63) is 21.9 Å². The van der Waals surface area contributed by atoms with Gasteiger partial charge in [0.15, 0.2) is 0 Å². The molecule has 5 nitrogen and oxygen atoms in total. The predicted octanol–water partition coefficient (Wildman–Crippen LogP) is 1.83. The molecule has 3 heterocycles. The molecule has 0 aromatic carbocycles. The molecular formula is C15H21N3O2S. The zero-order chi connectivity index (χ0) is 15.0. The Morgan fingerprint density at radius 1 is 1.33 bits per heavy atom. The molecule has 0 bridgehead atoms. The molecule has 3 amide bonds. The van der Waals surface area contributed by atoms with Crippen LogP contribution in [0.25, 0.3) is 0 Å². The summed E-state index contributed by atoms with van der Waals surface area (Å²) in [6.45, 7) is 6.98. The summed E-state index contributed by atoms with van der Waals surface area (Å²) in [7, 11) is 0. The van der Waals surface area contributed by atoms with Gasteiger partial charge in [-0.25, -0.2) is 4.79 Å². The van der Waals surface area contributed by atoms with Crippen LogP contribution in [0.15, 0.2) is 11.4 Å². The average molecular weight is 307 g/mol. The number of nitrogens with zero attached hydrogens (tertiary/aromatic N) is 2. The van der Waals surface area contributed by atoms with Gasteiger partial charge in [0.1, 0.15) is 5.54 Å². The van der Waals surface area contributed by atoms with Crippen LogP contribution in [0.5, 0.6) is 0 Å². The largest absolute Gasteiger partial charge is 0.325 e. The molecule has 1 N–H and O–H groups in total. The van der Waals surface area contributed by atoms with Crippen LogP contribution in [-0.2, 0) is 17.8 Å². The molecule has 2 aliphatic heterocycles. The minimum atomic E-state index is -0.756. The number of urea groups is 1. The van der Waals surface area contributed by atoms with E-state index in [4.69, 9.17) is 0 Å². The van der Waals surface area contributed by atoms with Gasteiger partial charge in [0.25, 0.3) is 5.91 Å². The van der Waals surface area contributed by atoms with E-state index in [0.717, 1.165) is 32.5 Å². The van der Waals surface area contributed by atoms with Gasteiger partial charge in [-0.05, 0) is 43.7 Å². The number of amides is 3. The fraction of sp³-hybridized carbons (Fsp3) is 0.600. The molecule has 0 radical (unpaired) electrons. The van der Waals surface area contributed by atoms with E-state index in [1.54, 1.807) is 13.8 Å². The van der Waals surface area contributed by atoms with Crippen LogP contribution in [0.1, 0.15) is 30.7 Å². The van der Waals surface area contributed by atoms with Gasteiger partial charge in [-0.15, -0.1) is 11.3 Å². The Balaban J connectivity index is 1.49. The molecule has 0 spiro atoms. The smallest absolute Gasteiger partial charge is 0.324 e. The number of hydrogen-bond acceptors (Lipinski definition) is 4. The summed E-state index contributed by atoms with van der Waals surface area (Å²) in [5.74, 6) is -0.119. The van der Waals surface area contributed by atoms with Crippen LogP contribution in [0.3, 0.4) is 0 Å². The zero-order valence-corrected chi connectivity index (χ0v) is 13.3. The molecule has 1 aromatic heterocycles. The van der Waals surface area contributed by atoms with E-state index in [-0.39, 0.29) is 11.9 Å². The first kappa shape index (κ1) is 14.5. The van der Waals surface area contributed by atoms with E-state index in [1.165, 1.54) is 15.3 Å². The second-order valence-electron chi connectivity index (χ2n) is 6.26. The van der Waals surface area contributed by atoms with E-state index in [0.29, 0.717) is 6.54 Å². The lowest BCUT2D eigenvalue weighted by Crippen LogP contribution is -2.40. The third-order valence-electron chi connectivity index (χ3n) is 4.19. The zero-order valence-electron chi connectivity index (χ0n) is 12.5. The van der Waals surface area contributed by atoms with E-state index in [9.17, 15) is 9.59 Å². The predicted molar refractivity (Wildman–Crippen MR) is 82.2 cm³/mol. The summed E-state index contributed by atoms with van der Waals surface area (Å²) in [6.07, 6.45) is 1.94. The maximum atomic E-state index is 12.1. The summed E-state index contributed by atoms with van der Waals surface area (Å²) in [5.41, 5.74) is 0.677. The SMILES string of the molecule is CC1(C)NC(=O)N(CCCN2CCc3sccc3C2)C1=O. The summed E-state index contributed by atoms with van der Waals surface area (Å²) in [5, 5.41) is 4.87. The third kappa shape index (κ3) is 2.82. The van der Waals surface area contributed by atoms with Crippen LogP contribution in [0.4, 0.5) is 4.79 Å². The van der Waals surface area contributed by atoms with Crippen molar-refractivity contribution in [2.24, 2.45) is 0 Å². The van der Waals surface area contributed by atoms with Crippen LogP contribution < -0.4 is 5.32 Å². The molecule has 0 aliphatic carbocycles. The molecule has 1 fully saturated rings. The van der Waals surface area contributed by atoms with Gasteiger partial charge < -0.3 is 5.32 Å². The molecule has 0 unspecified atom stereocenters. The molecule has 1 aromatic rings. The maximum absolute atomic E-state index is 12.1. The number of carbonyl (C=O) groups excluding carboxylic acids is 2. The van der Waals surface area contributed by atoms with Crippen LogP contribution in [0.2, 0.25) is 0 Å². The van der Waals surface area contributed by atoms with E-state index in [1.807, 2.05) is 11.3 Å². The van der Waals surface area contributed by atoms with Crippen molar-refractivity contribution in [1.82, 2.24) is 15.1 Å². The van der Waals surface area contributed by atoms with Crippen molar-refractivity contribution in [2.75, 3.05) is 19.6 Å². The number of imide groups is 1. The van der Waals surface area contributed by atoms with Crippen LogP contribution in [-0.4, -0.2) is 46.9 Å².